The molecule has 0 bridgehead atoms. The molecule has 3 nitrogen and oxygen atoms in total. The van der Waals surface area contributed by atoms with Crippen LogP contribution in [0.25, 0.3) is 0 Å². The molecule has 0 radical (unpaired) electrons. The van der Waals surface area contributed by atoms with Gasteiger partial charge in [-0.15, -0.1) is 0 Å². The smallest absolute Gasteiger partial charge is 0.121 e. The quantitative estimate of drug-likeness (QED) is 0.752. The molecule has 90 valence electrons. The number of methoxy groups -OCH3 is 1. The molecule has 0 spiro atoms. The van der Waals surface area contributed by atoms with Crippen molar-refractivity contribution in [1.82, 2.24) is 0 Å². The first kappa shape index (κ1) is 12.7. The van der Waals surface area contributed by atoms with Crippen molar-refractivity contribution >= 4 is 11.4 Å². The van der Waals surface area contributed by atoms with Crippen LogP contribution in [0.5, 0.6) is 5.75 Å². The molecule has 1 aromatic rings. The van der Waals surface area contributed by atoms with E-state index in [2.05, 4.69) is 18.7 Å². The van der Waals surface area contributed by atoms with Crippen LogP contribution >= 0.6 is 0 Å². The van der Waals surface area contributed by atoms with Crippen LogP contribution < -0.4 is 15.4 Å². The normalized spacial score (nSPS) is 10.2. The van der Waals surface area contributed by atoms with Gasteiger partial charge in [0.25, 0.3) is 0 Å². The lowest BCUT2D eigenvalue weighted by molar-refractivity contribution is 0.415. The van der Waals surface area contributed by atoms with Crippen molar-refractivity contribution in [2.45, 2.75) is 26.7 Å². The minimum atomic E-state index is 0.822. The van der Waals surface area contributed by atoms with E-state index >= 15 is 0 Å². The summed E-state index contributed by atoms with van der Waals surface area (Å²) >= 11 is 0. The van der Waals surface area contributed by atoms with E-state index < -0.39 is 0 Å². The highest BCUT2D eigenvalue weighted by atomic mass is 16.5. The van der Waals surface area contributed by atoms with Gasteiger partial charge in [0.05, 0.1) is 18.5 Å². The van der Waals surface area contributed by atoms with E-state index in [4.69, 9.17) is 10.5 Å². The van der Waals surface area contributed by atoms with Crippen molar-refractivity contribution in [3.8, 4) is 5.75 Å². The van der Waals surface area contributed by atoms with Gasteiger partial charge in [0, 0.05) is 19.2 Å². The lowest BCUT2D eigenvalue weighted by atomic mass is 10.2. The van der Waals surface area contributed by atoms with Gasteiger partial charge in [0.15, 0.2) is 0 Å². The molecule has 0 saturated carbocycles. The number of ether oxygens (including phenoxy) is 1. The van der Waals surface area contributed by atoms with Gasteiger partial charge < -0.3 is 15.4 Å². The number of hydrogen-bond donors (Lipinski definition) is 1. The van der Waals surface area contributed by atoms with Gasteiger partial charge in [-0.2, -0.15) is 0 Å². The predicted molar refractivity (Wildman–Crippen MR) is 70.2 cm³/mol. The fraction of sp³-hybridized carbons (Fsp3) is 0.538. The van der Waals surface area contributed by atoms with Gasteiger partial charge in [-0.3, -0.25) is 0 Å². The summed E-state index contributed by atoms with van der Waals surface area (Å²) in [6, 6.07) is 5.82. The Balaban J connectivity index is 2.96. The molecular formula is C13H22N2O. The molecule has 0 unspecified atom stereocenters. The van der Waals surface area contributed by atoms with Gasteiger partial charge in [0.1, 0.15) is 5.75 Å². The first-order chi connectivity index (χ1) is 7.72. The maximum absolute atomic E-state index is 6.01. The Morgan fingerprint density at radius 1 is 1.19 bits per heavy atom. The Labute approximate surface area is 98.2 Å². The van der Waals surface area contributed by atoms with Crippen LogP contribution in [0.1, 0.15) is 26.7 Å². The van der Waals surface area contributed by atoms with Crippen molar-refractivity contribution in [3.63, 3.8) is 0 Å². The Morgan fingerprint density at radius 2 is 1.81 bits per heavy atom. The van der Waals surface area contributed by atoms with Gasteiger partial charge in [-0.1, -0.05) is 13.8 Å². The number of nitrogen functional groups attached to an aromatic ring is 1. The molecule has 0 aliphatic heterocycles. The fourth-order valence-corrected chi connectivity index (χ4v) is 1.82. The first-order valence-corrected chi connectivity index (χ1v) is 5.91. The third-order valence-corrected chi connectivity index (χ3v) is 2.57. The summed E-state index contributed by atoms with van der Waals surface area (Å²) in [5.74, 6) is 0.862. The van der Waals surface area contributed by atoms with E-state index in [1.165, 1.54) is 0 Å². The summed E-state index contributed by atoms with van der Waals surface area (Å²) in [5.41, 5.74) is 7.92. The van der Waals surface area contributed by atoms with Crippen LogP contribution in [-0.2, 0) is 0 Å². The van der Waals surface area contributed by atoms with E-state index in [-0.39, 0.29) is 0 Å². The van der Waals surface area contributed by atoms with Crippen LogP contribution in [0.15, 0.2) is 18.2 Å². The second kappa shape index (κ2) is 6.26. The Kier molecular flexibility index (Phi) is 4.96. The molecule has 0 amide bonds. The second-order valence-corrected chi connectivity index (χ2v) is 3.91. The van der Waals surface area contributed by atoms with Crippen molar-refractivity contribution in [2.75, 3.05) is 30.8 Å². The molecule has 0 fully saturated rings. The molecule has 0 aliphatic rings. The third-order valence-electron chi connectivity index (χ3n) is 2.57. The third kappa shape index (κ3) is 3.05. The lowest BCUT2D eigenvalue weighted by Crippen LogP contribution is -2.25. The molecule has 0 aliphatic carbocycles. The summed E-state index contributed by atoms with van der Waals surface area (Å²) in [5, 5.41) is 0. The van der Waals surface area contributed by atoms with Gasteiger partial charge in [-0.25, -0.2) is 0 Å². The minimum absolute atomic E-state index is 0.822. The van der Waals surface area contributed by atoms with Crippen molar-refractivity contribution < 1.29 is 4.74 Å². The maximum atomic E-state index is 6.01. The average Bonchev–Trinajstić information content (AvgIpc) is 2.29. The number of anilines is 2. The lowest BCUT2D eigenvalue weighted by Gasteiger charge is -2.25. The molecule has 0 saturated heterocycles. The highest BCUT2D eigenvalue weighted by molar-refractivity contribution is 5.69. The SMILES string of the molecule is CCCN(CCC)c1cc(OC)ccc1N. The Hall–Kier alpha value is -1.38. The van der Waals surface area contributed by atoms with Gasteiger partial charge in [0.2, 0.25) is 0 Å². The number of benzene rings is 1. The van der Waals surface area contributed by atoms with Crippen molar-refractivity contribution in [1.29, 1.82) is 0 Å². The number of nitrogens with two attached hydrogens (primary N) is 1. The van der Waals surface area contributed by atoms with Crippen LogP contribution in [0.4, 0.5) is 11.4 Å². The van der Waals surface area contributed by atoms with E-state index in [1.54, 1.807) is 7.11 Å². The van der Waals surface area contributed by atoms with Crippen LogP contribution in [0.3, 0.4) is 0 Å². The largest absolute Gasteiger partial charge is 0.497 e. The molecule has 2 N–H and O–H groups in total. The summed E-state index contributed by atoms with van der Waals surface area (Å²) in [6.45, 7) is 6.43. The maximum Gasteiger partial charge on any atom is 0.121 e. The zero-order valence-electron chi connectivity index (χ0n) is 10.5. The standard InChI is InChI=1S/C13H22N2O/c1-4-8-15(9-5-2)13-10-11(16-3)6-7-12(13)14/h6-7,10H,4-5,8-9,14H2,1-3H3. The molecule has 0 aromatic heterocycles. The molecule has 16 heavy (non-hydrogen) atoms. The zero-order valence-corrected chi connectivity index (χ0v) is 10.5. The average molecular weight is 222 g/mol. The topological polar surface area (TPSA) is 38.5 Å². The highest BCUT2D eigenvalue weighted by Crippen LogP contribution is 2.28. The molecule has 0 heterocycles. The van der Waals surface area contributed by atoms with Crippen LogP contribution in [0, 0.1) is 0 Å². The van der Waals surface area contributed by atoms with E-state index in [9.17, 15) is 0 Å². The summed E-state index contributed by atoms with van der Waals surface area (Å²) in [4.78, 5) is 2.32. The minimum Gasteiger partial charge on any atom is -0.497 e. The second-order valence-electron chi connectivity index (χ2n) is 3.91. The highest BCUT2D eigenvalue weighted by Gasteiger charge is 2.09. The van der Waals surface area contributed by atoms with Crippen molar-refractivity contribution in [3.05, 3.63) is 18.2 Å². The molecule has 1 aromatic carbocycles. The molecule has 0 atom stereocenters. The summed E-state index contributed by atoms with van der Waals surface area (Å²) in [7, 11) is 1.68. The number of rotatable bonds is 6. The zero-order chi connectivity index (χ0) is 12.0. The van der Waals surface area contributed by atoms with Crippen LogP contribution in [-0.4, -0.2) is 20.2 Å². The van der Waals surface area contributed by atoms with Gasteiger partial charge >= 0.3 is 0 Å². The van der Waals surface area contributed by atoms with E-state index in [0.29, 0.717) is 0 Å². The van der Waals surface area contributed by atoms with Gasteiger partial charge in [-0.05, 0) is 25.0 Å². The first-order valence-electron chi connectivity index (χ1n) is 5.91. The number of nitrogens with zero attached hydrogens (tertiary/aromatic N) is 1. The fourth-order valence-electron chi connectivity index (χ4n) is 1.82. The molecule has 3 heteroatoms. The molecule has 1 rings (SSSR count). The monoisotopic (exact) mass is 222 g/mol. The summed E-state index contributed by atoms with van der Waals surface area (Å²) in [6.07, 6.45) is 2.24. The predicted octanol–water partition coefficient (Wildman–Crippen LogP) is 2.90. The number of hydrogen-bond acceptors (Lipinski definition) is 3. The van der Waals surface area contributed by atoms with Crippen molar-refractivity contribution in [2.24, 2.45) is 0 Å². The summed E-state index contributed by atoms with van der Waals surface area (Å²) < 4.78 is 5.23. The molecular weight excluding hydrogens is 200 g/mol. The van der Waals surface area contributed by atoms with E-state index in [0.717, 1.165) is 43.1 Å². The Bertz CT molecular complexity index is 320. The van der Waals surface area contributed by atoms with Crippen LogP contribution in [0.2, 0.25) is 0 Å². The van der Waals surface area contributed by atoms with E-state index in [1.807, 2.05) is 18.2 Å². The Morgan fingerprint density at radius 3 is 2.31 bits per heavy atom.